The molecule has 1 aromatic heterocycles. The van der Waals surface area contributed by atoms with Crippen LogP contribution in [-0.2, 0) is 11.3 Å². The highest BCUT2D eigenvalue weighted by molar-refractivity contribution is 7.09. The molecule has 0 bridgehead atoms. The molecule has 4 heteroatoms. The van der Waals surface area contributed by atoms with Crippen molar-refractivity contribution in [2.24, 2.45) is 5.92 Å². The van der Waals surface area contributed by atoms with Crippen molar-refractivity contribution in [1.82, 2.24) is 9.80 Å². The van der Waals surface area contributed by atoms with E-state index >= 15 is 0 Å². The lowest BCUT2D eigenvalue weighted by Gasteiger charge is -2.37. The van der Waals surface area contributed by atoms with Crippen LogP contribution in [0.2, 0.25) is 0 Å². The number of fused-ring (bicyclic) bond motifs is 1. The van der Waals surface area contributed by atoms with Gasteiger partial charge in [0, 0.05) is 50.2 Å². The van der Waals surface area contributed by atoms with Crippen molar-refractivity contribution in [3.63, 3.8) is 0 Å². The Labute approximate surface area is 125 Å². The maximum absolute atomic E-state index is 6.10. The summed E-state index contributed by atoms with van der Waals surface area (Å²) in [6, 6.07) is 5.15. The van der Waals surface area contributed by atoms with Crippen LogP contribution in [0.4, 0.5) is 0 Å². The summed E-state index contributed by atoms with van der Waals surface area (Å²) >= 11 is 1.88. The third-order valence-corrected chi connectivity index (χ3v) is 5.75. The second-order valence-corrected chi connectivity index (χ2v) is 7.63. The average molecular weight is 292 g/mol. The number of hydrogen-bond donors (Lipinski definition) is 0. The van der Waals surface area contributed by atoms with E-state index in [1.807, 2.05) is 11.3 Å². The molecule has 0 radical (unpaired) electrons. The summed E-state index contributed by atoms with van der Waals surface area (Å²) in [6.07, 6.45) is 4.54. The van der Waals surface area contributed by atoms with Crippen LogP contribution < -0.4 is 0 Å². The Balaban J connectivity index is 1.28. The van der Waals surface area contributed by atoms with Gasteiger partial charge < -0.3 is 4.74 Å². The zero-order valence-corrected chi connectivity index (χ0v) is 12.9. The molecule has 0 unspecified atom stereocenters. The van der Waals surface area contributed by atoms with E-state index in [4.69, 9.17) is 4.74 Å². The van der Waals surface area contributed by atoms with Crippen molar-refractivity contribution >= 4 is 11.3 Å². The molecule has 0 aromatic carbocycles. The van der Waals surface area contributed by atoms with E-state index in [-0.39, 0.29) is 0 Å². The molecular weight excluding hydrogens is 268 g/mol. The van der Waals surface area contributed by atoms with Gasteiger partial charge in [0.05, 0.1) is 6.10 Å². The van der Waals surface area contributed by atoms with Gasteiger partial charge in [0.2, 0.25) is 0 Å². The Kier molecular flexibility index (Phi) is 3.82. The van der Waals surface area contributed by atoms with E-state index in [1.54, 1.807) is 0 Å². The fraction of sp³-hybridized carbons (Fsp3) is 0.750. The molecule has 3 fully saturated rings. The van der Waals surface area contributed by atoms with Crippen molar-refractivity contribution in [2.45, 2.75) is 38.0 Å². The smallest absolute Gasteiger partial charge is 0.0717 e. The van der Waals surface area contributed by atoms with Crippen LogP contribution in [0.15, 0.2) is 17.5 Å². The summed E-state index contributed by atoms with van der Waals surface area (Å²) in [4.78, 5) is 6.77. The SMILES string of the molecule is c1csc(CN2CCN3C[C@@H](OCC4CC4)C[C@@H]3C2)c1. The molecule has 0 amide bonds. The second-order valence-electron chi connectivity index (χ2n) is 6.60. The molecule has 110 valence electrons. The van der Waals surface area contributed by atoms with Gasteiger partial charge in [-0.1, -0.05) is 6.07 Å². The van der Waals surface area contributed by atoms with E-state index in [9.17, 15) is 0 Å². The lowest BCUT2D eigenvalue weighted by atomic mass is 10.1. The topological polar surface area (TPSA) is 15.7 Å². The number of piperazine rings is 1. The maximum atomic E-state index is 6.10. The molecule has 2 atom stereocenters. The van der Waals surface area contributed by atoms with E-state index in [1.165, 1.54) is 50.3 Å². The van der Waals surface area contributed by atoms with Crippen LogP contribution in [0.1, 0.15) is 24.1 Å². The molecule has 0 N–H and O–H groups in total. The summed E-state index contributed by atoms with van der Waals surface area (Å²) < 4.78 is 6.10. The number of nitrogens with zero attached hydrogens (tertiary/aromatic N) is 2. The van der Waals surface area contributed by atoms with Crippen molar-refractivity contribution < 1.29 is 4.74 Å². The largest absolute Gasteiger partial charge is 0.377 e. The molecule has 2 saturated heterocycles. The van der Waals surface area contributed by atoms with Crippen LogP contribution in [0.3, 0.4) is 0 Å². The zero-order valence-electron chi connectivity index (χ0n) is 12.0. The van der Waals surface area contributed by atoms with Gasteiger partial charge in [-0.25, -0.2) is 0 Å². The maximum Gasteiger partial charge on any atom is 0.0717 e. The molecule has 20 heavy (non-hydrogen) atoms. The van der Waals surface area contributed by atoms with E-state index < -0.39 is 0 Å². The average Bonchev–Trinajstić information content (AvgIpc) is 2.97. The minimum atomic E-state index is 0.502. The van der Waals surface area contributed by atoms with E-state index in [2.05, 4.69) is 27.3 Å². The summed E-state index contributed by atoms with van der Waals surface area (Å²) in [5.41, 5.74) is 0. The Morgan fingerprint density at radius 1 is 1.25 bits per heavy atom. The van der Waals surface area contributed by atoms with Gasteiger partial charge in [-0.05, 0) is 36.6 Å². The van der Waals surface area contributed by atoms with E-state index in [0.29, 0.717) is 6.10 Å². The highest BCUT2D eigenvalue weighted by Crippen LogP contribution is 2.31. The molecule has 1 saturated carbocycles. The lowest BCUT2D eigenvalue weighted by Crippen LogP contribution is -2.49. The molecule has 3 heterocycles. The fourth-order valence-corrected chi connectivity index (χ4v) is 4.25. The summed E-state index contributed by atoms with van der Waals surface area (Å²) in [7, 11) is 0. The van der Waals surface area contributed by atoms with Crippen LogP contribution >= 0.6 is 11.3 Å². The molecule has 0 spiro atoms. The first-order chi connectivity index (χ1) is 9.87. The van der Waals surface area contributed by atoms with Crippen LogP contribution in [0, 0.1) is 5.92 Å². The quantitative estimate of drug-likeness (QED) is 0.829. The standard InChI is InChI=1S/C16H24N2OS/c1-2-16(20-7-1)11-17-5-6-18-10-15(8-14(18)9-17)19-12-13-3-4-13/h1-2,7,13-15H,3-6,8-12H2/t14-,15+/m1/s1. The molecule has 1 aromatic rings. The van der Waals surface area contributed by atoms with Crippen molar-refractivity contribution in [2.75, 3.05) is 32.8 Å². The van der Waals surface area contributed by atoms with Gasteiger partial charge in [-0.2, -0.15) is 0 Å². The minimum absolute atomic E-state index is 0.502. The predicted octanol–water partition coefficient (Wildman–Crippen LogP) is 2.43. The highest BCUT2D eigenvalue weighted by atomic mass is 32.1. The van der Waals surface area contributed by atoms with Crippen LogP contribution in [-0.4, -0.2) is 54.7 Å². The number of rotatable bonds is 5. The monoisotopic (exact) mass is 292 g/mol. The summed E-state index contributed by atoms with van der Waals surface area (Å²) in [5.74, 6) is 0.892. The number of hydrogen-bond acceptors (Lipinski definition) is 4. The van der Waals surface area contributed by atoms with Gasteiger partial charge in [-0.15, -0.1) is 11.3 Å². The molecule has 3 nitrogen and oxygen atoms in total. The van der Waals surface area contributed by atoms with Crippen molar-refractivity contribution in [3.05, 3.63) is 22.4 Å². The van der Waals surface area contributed by atoms with Gasteiger partial charge >= 0.3 is 0 Å². The van der Waals surface area contributed by atoms with Crippen molar-refractivity contribution in [1.29, 1.82) is 0 Å². The van der Waals surface area contributed by atoms with E-state index in [0.717, 1.165) is 25.1 Å². The van der Waals surface area contributed by atoms with Gasteiger partial charge in [0.1, 0.15) is 0 Å². The first kappa shape index (κ1) is 13.3. The Hall–Kier alpha value is -0.420. The Morgan fingerprint density at radius 3 is 3.00 bits per heavy atom. The third kappa shape index (κ3) is 3.08. The minimum Gasteiger partial charge on any atom is -0.377 e. The third-order valence-electron chi connectivity index (χ3n) is 4.89. The van der Waals surface area contributed by atoms with Gasteiger partial charge in [-0.3, -0.25) is 9.80 Å². The number of ether oxygens (including phenoxy) is 1. The summed E-state index contributed by atoms with van der Waals surface area (Å²) in [5, 5.41) is 2.18. The predicted molar refractivity (Wildman–Crippen MR) is 82.0 cm³/mol. The van der Waals surface area contributed by atoms with Crippen LogP contribution in [0.5, 0.6) is 0 Å². The Bertz CT molecular complexity index is 432. The van der Waals surface area contributed by atoms with Crippen LogP contribution in [0.25, 0.3) is 0 Å². The molecule has 2 aliphatic heterocycles. The summed E-state index contributed by atoms with van der Waals surface area (Å²) in [6.45, 7) is 6.98. The Morgan fingerprint density at radius 2 is 2.20 bits per heavy atom. The second kappa shape index (κ2) is 5.76. The normalized spacial score (nSPS) is 31.6. The fourth-order valence-electron chi connectivity index (χ4n) is 3.50. The molecule has 3 aliphatic rings. The lowest BCUT2D eigenvalue weighted by molar-refractivity contribution is 0.0508. The first-order valence-electron chi connectivity index (χ1n) is 7.97. The zero-order chi connectivity index (χ0) is 13.4. The first-order valence-corrected chi connectivity index (χ1v) is 8.85. The molecule has 1 aliphatic carbocycles. The molecule has 4 rings (SSSR count). The van der Waals surface area contributed by atoms with Crippen molar-refractivity contribution in [3.8, 4) is 0 Å². The highest BCUT2D eigenvalue weighted by Gasteiger charge is 2.37. The van der Waals surface area contributed by atoms with Gasteiger partial charge in [0.25, 0.3) is 0 Å². The van der Waals surface area contributed by atoms with Gasteiger partial charge in [0.15, 0.2) is 0 Å². The number of thiophene rings is 1. The molecular formula is C16H24N2OS.